The predicted octanol–water partition coefficient (Wildman–Crippen LogP) is 2.31. The van der Waals surface area contributed by atoms with Crippen molar-refractivity contribution >= 4 is 0 Å². The zero-order chi connectivity index (χ0) is 12.3. The average Bonchev–Trinajstić information content (AvgIpc) is 2.28. The quantitative estimate of drug-likeness (QED) is 0.880. The predicted molar refractivity (Wildman–Crippen MR) is 64.9 cm³/mol. The smallest absolute Gasteiger partial charge is 0.159 e. The van der Waals surface area contributed by atoms with Crippen molar-refractivity contribution in [3.05, 3.63) is 47.5 Å². The molecule has 2 rings (SSSR count). The first kappa shape index (κ1) is 11.7. The lowest BCUT2D eigenvalue weighted by Crippen LogP contribution is -2.08. The molecule has 0 aliphatic carbocycles. The van der Waals surface area contributed by atoms with E-state index in [1.165, 1.54) is 12.1 Å². The molecule has 17 heavy (non-hydrogen) atoms. The van der Waals surface area contributed by atoms with Crippen LogP contribution in [0.15, 0.2) is 30.3 Å². The van der Waals surface area contributed by atoms with Gasteiger partial charge in [-0.3, -0.25) is 0 Å². The van der Waals surface area contributed by atoms with Crippen molar-refractivity contribution in [2.45, 2.75) is 13.5 Å². The van der Waals surface area contributed by atoms with Gasteiger partial charge in [0.05, 0.1) is 5.69 Å². The normalized spacial score (nSPS) is 10.5. The van der Waals surface area contributed by atoms with E-state index in [1.54, 1.807) is 12.1 Å². The van der Waals surface area contributed by atoms with Crippen LogP contribution in [0.5, 0.6) is 0 Å². The first-order valence-corrected chi connectivity index (χ1v) is 5.44. The van der Waals surface area contributed by atoms with Crippen LogP contribution >= 0.6 is 0 Å². The third kappa shape index (κ3) is 2.85. The second-order valence-corrected chi connectivity index (χ2v) is 3.86. The van der Waals surface area contributed by atoms with Crippen molar-refractivity contribution in [2.75, 3.05) is 7.05 Å². The summed E-state index contributed by atoms with van der Waals surface area (Å²) in [6.45, 7) is 2.58. The maximum Gasteiger partial charge on any atom is 0.159 e. The fourth-order valence-electron chi connectivity index (χ4n) is 1.66. The number of nitrogens with one attached hydrogen (secondary N) is 1. The molecule has 0 unspecified atom stereocenters. The molecule has 0 spiro atoms. The van der Waals surface area contributed by atoms with Gasteiger partial charge in [-0.1, -0.05) is 12.1 Å². The summed E-state index contributed by atoms with van der Waals surface area (Å²) in [5.41, 5.74) is 2.48. The molecule has 0 bridgehead atoms. The van der Waals surface area contributed by atoms with Gasteiger partial charge < -0.3 is 5.32 Å². The zero-order valence-corrected chi connectivity index (χ0v) is 9.87. The van der Waals surface area contributed by atoms with Gasteiger partial charge in [-0.25, -0.2) is 14.4 Å². The Hall–Kier alpha value is -1.81. The summed E-state index contributed by atoms with van der Waals surface area (Å²) in [7, 11) is 1.86. The lowest BCUT2D eigenvalue weighted by molar-refractivity contribution is 0.628. The van der Waals surface area contributed by atoms with E-state index in [0.29, 0.717) is 17.9 Å². The molecule has 0 aliphatic heterocycles. The Balaban J connectivity index is 2.44. The fraction of sp³-hybridized carbons (Fsp3) is 0.231. The van der Waals surface area contributed by atoms with Crippen molar-refractivity contribution in [2.24, 2.45) is 0 Å². The molecular formula is C13H14FN3. The molecule has 0 amide bonds. The number of rotatable bonds is 3. The van der Waals surface area contributed by atoms with Crippen LogP contribution in [-0.4, -0.2) is 17.0 Å². The van der Waals surface area contributed by atoms with Crippen LogP contribution in [0.2, 0.25) is 0 Å². The Labute approximate surface area is 99.7 Å². The number of hydrogen-bond donors (Lipinski definition) is 1. The molecule has 0 saturated heterocycles. The summed E-state index contributed by atoms with van der Waals surface area (Å²) in [5.74, 6) is 0.289. The van der Waals surface area contributed by atoms with E-state index in [4.69, 9.17) is 0 Å². The molecule has 0 saturated carbocycles. The molecular weight excluding hydrogens is 217 g/mol. The molecule has 0 fully saturated rings. The van der Waals surface area contributed by atoms with E-state index in [2.05, 4.69) is 15.3 Å². The van der Waals surface area contributed by atoms with Crippen LogP contribution in [0, 0.1) is 12.7 Å². The van der Waals surface area contributed by atoms with Crippen molar-refractivity contribution in [1.82, 2.24) is 15.3 Å². The van der Waals surface area contributed by atoms with Gasteiger partial charge in [-0.2, -0.15) is 0 Å². The molecule has 4 heteroatoms. The third-order valence-corrected chi connectivity index (χ3v) is 2.35. The first-order chi connectivity index (χ1) is 8.19. The summed E-state index contributed by atoms with van der Waals surface area (Å²) in [5, 5.41) is 3.04. The van der Waals surface area contributed by atoms with E-state index in [0.717, 1.165) is 11.4 Å². The maximum absolute atomic E-state index is 13.1. The monoisotopic (exact) mass is 231 g/mol. The minimum absolute atomic E-state index is 0.275. The number of benzene rings is 1. The number of aromatic nitrogens is 2. The Kier molecular flexibility index (Phi) is 3.44. The van der Waals surface area contributed by atoms with Gasteiger partial charge in [-0.05, 0) is 32.2 Å². The van der Waals surface area contributed by atoms with Gasteiger partial charge in [0, 0.05) is 17.8 Å². The van der Waals surface area contributed by atoms with Crippen LogP contribution in [0.4, 0.5) is 4.39 Å². The molecule has 1 aromatic carbocycles. The molecule has 1 heterocycles. The van der Waals surface area contributed by atoms with E-state index in [1.807, 2.05) is 20.0 Å². The summed E-state index contributed by atoms with van der Waals surface area (Å²) >= 11 is 0. The van der Waals surface area contributed by atoms with Crippen LogP contribution < -0.4 is 5.32 Å². The Morgan fingerprint density at radius 2 is 2.06 bits per heavy atom. The highest BCUT2D eigenvalue weighted by Gasteiger charge is 2.05. The molecule has 88 valence electrons. The van der Waals surface area contributed by atoms with Crippen LogP contribution in [0.25, 0.3) is 11.4 Å². The van der Waals surface area contributed by atoms with Gasteiger partial charge >= 0.3 is 0 Å². The first-order valence-electron chi connectivity index (χ1n) is 5.44. The van der Waals surface area contributed by atoms with Crippen LogP contribution in [0.3, 0.4) is 0 Å². The van der Waals surface area contributed by atoms with Crippen molar-refractivity contribution < 1.29 is 4.39 Å². The third-order valence-electron chi connectivity index (χ3n) is 2.35. The summed E-state index contributed by atoms with van der Waals surface area (Å²) in [6.07, 6.45) is 0. The minimum atomic E-state index is -0.275. The molecule has 3 nitrogen and oxygen atoms in total. The molecule has 0 radical (unpaired) electrons. The highest BCUT2D eigenvalue weighted by Crippen LogP contribution is 2.16. The second kappa shape index (κ2) is 5.01. The zero-order valence-electron chi connectivity index (χ0n) is 9.87. The van der Waals surface area contributed by atoms with Gasteiger partial charge in [0.2, 0.25) is 0 Å². The molecule has 0 atom stereocenters. The van der Waals surface area contributed by atoms with Crippen LogP contribution in [0.1, 0.15) is 11.4 Å². The second-order valence-electron chi connectivity index (χ2n) is 3.86. The minimum Gasteiger partial charge on any atom is -0.314 e. The Bertz CT molecular complexity index is 526. The van der Waals surface area contributed by atoms with Crippen molar-refractivity contribution in [3.63, 3.8) is 0 Å². The maximum atomic E-state index is 13.1. The number of halogens is 1. The lowest BCUT2D eigenvalue weighted by Gasteiger charge is -2.05. The van der Waals surface area contributed by atoms with E-state index in [9.17, 15) is 4.39 Å². The standard InChI is InChI=1S/C13H14FN3/c1-9-6-12(8-15-2)17-13(16-9)10-4-3-5-11(14)7-10/h3-7,15H,8H2,1-2H3. The molecule has 1 aromatic heterocycles. The number of nitrogens with zero attached hydrogens (tertiary/aromatic N) is 2. The van der Waals surface area contributed by atoms with Gasteiger partial charge in [0.15, 0.2) is 5.82 Å². The topological polar surface area (TPSA) is 37.8 Å². The van der Waals surface area contributed by atoms with Gasteiger partial charge in [-0.15, -0.1) is 0 Å². The molecule has 2 aromatic rings. The number of aryl methyl sites for hydroxylation is 1. The Morgan fingerprint density at radius 1 is 1.24 bits per heavy atom. The molecule has 1 N–H and O–H groups in total. The lowest BCUT2D eigenvalue weighted by atomic mass is 10.2. The highest BCUT2D eigenvalue weighted by atomic mass is 19.1. The van der Waals surface area contributed by atoms with E-state index < -0.39 is 0 Å². The average molecular weight is 231 g/mol. The van der Waals surface area contributed by atoms with Crippen molar-refractivity contribution in [1.29, 1.82) is 0 Å². The summed E-state index contributed by atoms with van der Waals surface area (Å²) in [6, 6.07) is 8.24. The number of hydrogen-bond acceptors (Lipinski definition) is 3. The van der Waals surface area contributed by atoms with Crippen molar-refractivity contribution in [3.8, 4) is 11.4 Å². The van der Waals surface area contributed by atoms with Gasteiger partial charge in [0.1, 0.15) is 5.82 Å². The van der Waals surface area contributed by atoms with Gasteiger partial charge in [0.25, 0.3) is 0 Å². The summed E-state index contributed by atoms with van der Waals surface area (Å²) in [4.78, 5) is 8.72. The SMILES string of the molecule is CNCc1cc(C)nc(-c2cccc(F)c2)n1. The highest BCUT2D eigenvalue weighted by molar-refractivity contribution is 5.55. The van der Waals surface area contributed by atoms with E-state index in [-0.39, 0.29) is 5.82 Å². The Morgan fingerprint density at radius 3 is 2.76 bits per heavy atom. The van der Waals surface area contributed by atoms with Crippen LogP contribution in [-0.2, 0) is 6.54 Å². The van der Waals surface area contributed by atoms with E-state index >= 15 is 0 Å². The molecule has 0 aliphatic rings. The fourth-order valence-corrected chi connectivity index (χ4v) is 1.66. The summed E-state index contributed by atoms with van der Waals surface area (Å²) < 4.78 is 13.1. The largest absolute Gasteiger partial charge is 0.314 e.